The van der Waals surface area contributed by atoms with Crippen LogP contribution in [0.25, 0.3) is 33.9 Å². The zero-order valence-corrected chi connectivity index (χ0v) is 19.9. The molecule has 1 aromatic carbocycles. The van der Waals surface area contributed by atoms with Crippen molar-refractivity contribution < 1.29 is 9.15 Å². The van der Waals surface area contributed by atoms with Crippen LogP contribution in [0.15, 0.2) is 53.5 Å². The summed E-state index contributed by atoms with van der Waals surface area (Å²) in [5.74, 6) is 2.39. The number of nitrogens with one attached hydrogen (secondary N) is 1. The van der Waals surface area contributed by atoms with Crippen molar-refractivity contribution in [2.24, 2.45) is 0 Å². The fourth-order valence-electron chi connectivity index (χ4n) is 4.95. The third-order valence-corrected chi connectivity index (χ3v) is 6.93. The summed E-state index contributed by atoms with van der Waals surface area (Å²) in [4.78, 5) is 22.9. The highest BCUT2D eigenvalue weighted by molar-refractivity contribution is 5.79. The van der Waals surface area contributed by atoms with E-state index in [4.69, 9.17) is 14.1 Å². The number of rotatable bonds is 6. The van der Waals surface area contributed by atoms with Crippen LogP contribution in [0.5, 0.6) is 5.88 Å². The molecule has 0 spiro atoms. The van der Waals surface area contributed by atoms with Crippen LogP contribution >= 0.6 is 0 Å². The number of methoxy groups -OCH3 is 1. The fourth-order valence-corrected chi connectivity index (χ4v) is 4.95. The van der Waals surface area contributed by atoms with E-state index in [1.807, 2.05) is 12.3 Å². The van der Waals surface area contributed by atoms with Gasteiger partial charge in [-0.1, -0.05) is 24.3 Å². The lowest BCUT2D eigenvalue weighted by Gasteiger charge is -2.17. The quantitative estimate of drug-likeness (QED) is 0.388. The molecule has 0 unspecified atom stereocenters. The van der Waals surface area contributed by atoms with Crippen LogP contribution in [0.1, 0.15) is 41.4 Å². The Kier molecular flexibility index (Phi) is 5.02. The third-order valence-electron chi connectivity index (χ3n) is 6.93. The van der Waals surface area contributed by atoms with Gasteiger partial charge in [0, 0.05) is 43.7 Å². The number of imidazole rings is 1. The molecule has 0 bridgehead atoms. The SMILES string of the molecule is COc1ncnc(C2CC2)c1-c1nc2ccnc(Cc3ccc(-c4ncc5n4CCNC5)cc3)c2o1. The highest BCUT2D eigenvalue weighted by Gasteiger charge is 2.32. The normalized spacial score (nSPS) is 15.2. The van der Waals surface area contributed by atoms with Gasteiger partial charge in [0.2, 0.25) is 11.8 Å². The standard InChI is InChI=1S/C27H25N7O2/c1-35-26-22(23(17-6-7-17)31-15-32-26)27-33-20-8-9-29-21(24(20)36-27)12-16-2-4-18(5-3-16)25-30-14-19-13-28-10-11-34(19)25/h2-5,8-9,14-15,17,28H,6-7,10-13H2,1H3. The van der Waals surface area contributed by atoms with E-state index in [9.17, 15) is 0 Å². The molecule has 0 atom stereocenters. The topological polar surface area (TPSA) is 104 Å². The van der Waals surface area contributed by atoms with Crippen molar-refractivity contribution in [2.45, 2.75) is 38.3 Å². The van der Waals surface area contributed by atoms with Gasteiger partial charge in [0.1, 0.15) is 23.2 Å². The number of hydrogen-bond acceptors (Lipinski definition) is 8. The maximum Gasteiger partial charge on any atom is 0.234 e. The molecule has 0 radical (unpaired) electrons. The highest BCUT2D eigenvalue weighted by atomic mass is 16.5. The number of benzene rings is 1. The van der Waals surface area contributed by atoms with Gasteiger partial charge in [-0.25, -0.2) is 19.9 Å². The zero-order chi connectivity index (χ0) is 24.1. The number of hydrogen-bond donors (Lipinski definition) is 1. The molecule has 1 N–H and O–H groups in total. The van der Waals surface area contributed by atoms with E-state index in [-0.39, 0.29) is 0 Å². The summed E-state index contributed by atoms with van der Waals surface area (Å²) in [7, 11) is 1.61. The molecule has 2 aliphatic rings. The molecule has 1 fully saturated rings. The van der Waals surface area contributed by atoms with Gasteiger partial charge in [0.05, 0.1) is 30.4 Å². The first kappa shape index (κ1) is 21.2. The zero-order valence-electron chi connectivity index (χ0n) is 19.9. The molecule has 9 heteroatoms. The van der Waals surface area contributed by atoms with E-state index >= 15 is 0 Å². The highest BCUT2D eigenvalue weighted by Crippen LogP contribution is 2.45. The molecular weight excluding hydrogens is 454 g/mol. The molecular formula is C27H25N7O2. The van der Waals surface area contributed by atoms with Gasteiger partial charge in [0.15, 0.2) is 5.58 Å². The molecule has 180 valence electrons. The average molecular weight is 480 g/mol. The van der Waals surface area contributed by atoms with Crippen LogP contribution in [-0.2, 0) is 19.5 Å². The van der Waals surface area contributed by atoms with Gasteiger partial charge in [-0.05, 0) is 24.5 Å². The second-order valence-corrected chi connectivity index (χ2v) is 9.32. The summed E-state index contributed by atoms with van der Waals surface area (Å²) in [5.41, 5.74) is 7.44. The molecule has 5 heterocycles. The van der Waals surface area contributed by atoms with Gasteiger partial charge < -0.3 is 19.0 Å². The van der Waals surface area contributed by atoms with E-state index in [1.165, 1.54) is 5.69 Å². The molecule has 7 rings (SSSR count). The lowest BCUT2D eigenvalue weighted by Crippen LogP contribution is -2.27. The van der Waals surface area contributed by atoms with Crippen molar-refractivity contribution in [3.05, 3.63) is 71.7 Å². The number of pyridine rings is 1. The summed E-state index contributed by atoms with van der Waals surface area (Å²) in [5, 5.41) is 3.39. The Morgan fingerprint density at radius 2 is 1.97 bits per heavy atom. The number of aromatic nitrogens is 6. The number of fused-ring (bicyclic) bond motifs is 2. The fraction of sp³-hybridized carbons (Fsp3) is 0.296. The van der Waals surface area contributed by atoms with Crippen LogP contribution in [0.3, 0.4) is 0 Å². The number of ether oxygens (including phenoxy) is 1. The molecule has 5 aromatic rings. The molecule has 4 aromatic heterocycles. The summed E-state index contributed by atoms with van der Waals surface area (Å²) >= 11 is 0. The van der Waals surface area contributed by atoms with Crippen molar-refractivity contribution >= 4 is 11.1 Å². The Balaban J connectivity index is 1.21. The third kappa shape index (κ3) is 3.63. The van der Waals surface area contributed by atoms with Crippen LogP contribution in [0.2, 0.25) is 0 Å². The van der Waals surface area contributed by atoms with Gasteiger partial charge in [0.25, 0.3) is 0 Å². The Bertz CT molecular complexity index is 1570. The predicted molar refractivity (Wildman–Crippen MR) is 134 cm³/mol. The van der Waals surface area contributed by atoms with Crippen LogP contribution in [-0.4, -0.2) is 43.1 Å². The molecule has 9 nitrogen and oxygen atoms in total. The Morgan fingerprint density at radius 3 is 2.81 bits per heavy atom. The van der Waals surface area contributed by atoms with Crippen molar-refractivity contribution in [1.82, 2.24) is 34.8 Å². The smallest absolute Gasteiger partial charge is 0.234 e. The Morgan fingerprint density at radius 1 is 1.08 bits per heavy atom. The van der Waals surface area contributed by atoms with E-state index < -0.39 is 0 Å². The molecule has 0 saturated heterocycles. The van der Waals surface area contributed by atoms with E-state index in [0.717, 1.165) is 71.9 Å². The van der Waals surface area contributed by atoms with Crippen molar-refractivity contribution in [1.29, 1.82) is 0 Å². The van der Waals surface area contributed by atoms with E-state index in [1.54, 1.807) is 19.6 Å². The summed E-state index contributed by atoms with van der Waals surface area (Å²) < 4.78 is 14.1. The summed E-state index contributed by atoms with van der Waals surface area (Å²) in [6, 6.07) is 10.4. The van der Waals surface area contributed by atoms with E-state index in [0.29, 0.717) is 29.7 Å². The molecule has 36 heavy (non-hydrogen) atoms. The first-order chi connectivity index (χ1) is 17.8. The van der Waals surface area contributed by atoms with Crippen molar-refractivity contribution in [3.8, 4) is 28.7 Å². The van der Waals surface area contributed by atoms with E-state index in [2.05, 4.69) is 54.1 Å². The second-order valence-electron chi connectivity index (χ2n) is 9.32. The molecule has 0 amide bonds. The second kappa shape index (κ2) is 8.53. The Labute approximate surface area is 207 Å². The van der Waals surface area contributed by atoms with Gasteiger partial charge >= 0.3 is 0 Å². The largest absolute Gasteiger partial charge is 0.480 e. The maximum absolute atomic E-state index is 6.31. The first-order valence-electron chi connectivity index (χ1n) is 12.3. The van der Waals surface area contributed by atoms with Gasteiger partial charge in [-0.2, -0.15) is 0 Å². The Hall–Kier alpha value is -4.11. The van der Waals surface area contributed by atoms with Crippen LogP contribution in [0.4, 0.5) is 0 Å². The van der Waals surface area contributed by atoms with Gasteiger partial charge in [-0.15, -0.1) is 0 Å². The summed E-state index contributed by atoms with van der Waals surface area (Å²) in [6.45, 7) is 2.77. The number of nitrogens with zero attached hydrogens (tertiary/aromatic N) is 6. The minimum absolute atomic E-state index is 0.403. The minimum atomic E-state index is 0.403. The average Bonchev–Trinajstić information content (AvgIpc) is 3.53. The maximum atomic E-state index is 6.31. The van der Waals surface area contributed by atoms with Gasteiger partial charge in [-0.3, -0.25) is 4.98 Å². The monoisotopic (exact) mass is 479 g/mol. The first-order valence-corrected chi connectivity index (χ1v) is 12.3. The molecule has 1 aliphatic carbocycles. The summed E-state index contributed by atoms with van der Waals surface area (Å²) in [6.07, 6.45) is 8.13. The number of oxazole rings is 1. The lowest BCUT2D eigenvalue weighted by atomic mass is 10.1. The molecule has 1 aliphatic heterocycles. The lowest BCUT2D eigenvalue weighted by molar-refractivity contribution is 0.396. The van der Waals surface area contributed by atoms with Crippen LogP contribution < -0.4 is 10.1 Å². The predicted octanol–water partition coefficient (Wildman–Crippen LogP) is 4.12. The van der Waals surface area contributed by atoms with Crippen molar-refractivity contribution in [3.63, 3.8) is 0 Å². The van der Waals surface area contributed by atoms with Crippen molar-refractivity contribution in [2.75, 3.05) is 13.7 Å². The molecule has 1 saturated carbocycles. The van der Waals surface area contributed by atoms with Crippen LogP contribution in [0, 0.1) is 0 Å². The minimum Gasteiger partial charge on any atom is -0.480 e.